The summed E-state index contributed by atoms with van der Waals surface area (Å²) >= 11 is 10.9. The van der Waals surface area contributed by atoms with E-state index < -0.39 is 11.8 Å². The van der Waals surface area contributed by atoms with Gasteiger partial charge in [0.25, 0.3) is 11.8 Å². The molecule has 1 heterocycles. The first-order valence-corrected chi connectivity index (χ1v) is 9.76. The van der Waals surface area contributed by atoms with Crippen LogP contribution in [0.25, 0.3) is 6.08 Å². The third-order valence-electron chi connectivity index (χ3n) is 4.30. The van der Waals surface area contributed by atoms with Gasteiger partial charge >= 0.3 is 0 Å². The topological polar surface area (TPSA) is 67.9 Å². The largest absolute Gasteiger partial charge is 0.493 e. The Morgan fingerprint density at radius 1 is 1.17 bits per heavy atom. The maximum Gasteiger partial charge on any atom is 0.265 e. The predicted octanol–water partition coefficient (Wildman–Crippen LogP) is 3.74. The average Bonchev–Trinajstić information content (AvgIpc) is 2.74. The fraction of sp³-hybridized carbons (Fsp3) is 0.136. The molecule has 0 unspecified atom stereocenters. The molecule has 6 nitrogen and oxygen atoms in total. The van der Waals surface area contributed by atoms with E-state index in [0.717, 1.165) is 5.56 Å². The summed E-state index contributed by atoms with van der Waals surface area (Å²) in [5.74, 6) is -0.0260. The molecule has 1 aliphatic heterocycles. The van der Waals surface area contributed by atoms with Gasteiger partial charge in [0.1, 0.15) is 12.2 Å². The van der Waals surface area contributed by atoms with E-state index in [4.69, 9.17) is 33.3 Å². The minimum atomic E-state index is -0.549. The van der Waals surface area contributed by atoms with Crippen molar-refractivity contribution in [2.75, 3.05) is 13.7 Å². The lowest BCUT2D eigenvalue weighted by Crippen LogP contribution is -2.53. The number of nitrogens with one attached hydrogen (secondary N) is 1. The van der Waals surface area contributed by atoms with Gasteiger partial charge in [-0.2, -0.15) is 0 Å². The van der Waals surface area contributed by atoms with Crippen molar-refractivity contribution in [1.29, 1.82) is 0 Å². The van der Waals surface area contributed by atoms with Gasteiger partial charge in [0.15, 0.2) is 16.6 Å². The molecule has 3 rings (SSSR count). The van der Waals surface area contributed by atoms with Crippen LogP contribution >= 0.6 is 23.8 Å². The van der Waals surface area contributed by atoms with Crippen LogP contribution in [0.1, 0.15) is 11.1 Å². The Hall–Kier alpha value is -3.16. The number of rotatable bonds is 7. The van der Waals surface area contributed by atoms with E-state index in [1.807, 2.05) is 12.1 Å². The van der Waals surface area contributed by atoms with Gasteiger partial charge in [-0.25, -0.2) is 0 Å². The van der Waals surface area contributed by atoms with E-state index in [0.29, 0.717) is 28.7 Å². The molecule has 0 aromatic heterocycles. The Labute approximate surface area is 184 Å². The number of halogens is 1. The highest BCUT2D eigenvalue weighted by atomic mass is 35.5. The van der Waals surface area contributed by atoms with Crippen LogP contribution in [0.2, 0.25) is 5.02 Å². The van der Waals surface area contributed by atoms with Gasteiger partial charge in [0.05, 0.1) is 7.11 Å². The molecular formula is C22H19ClN2O4S. The van der Waals surface area contributed by atoms with Crippen molar-refractivity contribution in [3.8, 4) is 11.5 Å². The first-order valence-electron chi connectivity index (χ1n) is 8.98. The predicted molar refractivity (Wildman–Crippen MR) is 119 cm³/mol. The lowest BCUT2D eigenvalue weighted by atomic mass is 10.1. The fourth-order valence-corrected chi connectivity index (χ4v) is 3.17. The van der Waals surface area contributed by atoms with Gasteiger partial charge in [-0.3, -0.25) is 19.8 Å². The number of hydrogen-bond acceptors (Lipinski definition) is 5. The molecule has 30 heavy (non-hydrogen) atoms. The van der Waals surface area contributed by atoms with Gasteiger partial charge in [-0.15, -0.1) is 6.58 Å². The number of carbonyl (C=O) groups is 2. The summed E-state index contributed by atoms with van der Waals surface area (Å²) < 4.78 is 11.2. The zero-order valence-electron chi connectivity index (χ0n) is 16.2. The van der Waals surface area contributed by atoms with Crippen molar-refractivity contribution in [2.24, 2.45) is 0 Å². The molecule has 1 aliphatic rings. The van der Waals surface area contributed by atoms with E-state index in [2.05, 4.69) is 11.9 Å². The summed E-state index contributed by atoms with van der Waals surface area (Å²) in [5, 5.41) is 3.23. The minimum Gasteiger partial charge on any atom is -0.493 e. The van der Waals surface area contributed by atoms with E-state index in [1.54, 1.807) is 30.3 Å². The zero-order chi connectivity index (χ0) is 21.7. The summed E-state index contributed by atoms with van der Waals surface area (Å²) in [5.41, 5.74) is 1.54. The smallest absolute Gasteiger partial charge is 0.265 e. The van der Waals surface area contributed by atoms with Crippen LogP contribution < -0.4 is 14.8 Å². The van der Waals surface area contributed by atoms with Crippen LogP contribution in [0, 0.1) is 0 Å². The first-order chi connectivity index (χ1) is 14.4. The molecule has 0 aliphatic carbocycles. The van der Waals surface area contributed by atoms with Crippen LogP contribution in [0.3, 0.4) is 0 Å². The highest BCUT2D eigenvalue weighted by molar-refractivity contribution is 7.80. The summed E-state index contributed by atoms with van der Waals surface area (Å²) in [6.07, 6.45) is 3.02. The van der Waals surface area contributed by atoms with Gasteiger partial charge in [-0.05, 0) is 53.7 Å². The van der Waals surface area contributed by atoms with E-state index in [-0.39, 0.29) is 17.2 Å². The standard InChI is InChI=1S/C22H19ClN2O4S/c1-3-10-25-21(27)17(20(26)24-22(25)30)11-15-6-9-18(19(12-15)28-2)29-13-14-4-7-16(23)8-5-14/h3-9,11-12H,1,10,13H2,2H3,(H,24,26,30). The van der Waals surface area contributed by atoms with Gasteiger partial charge in [0.2, 0.25) is 0 Å². The van der Waals surface area contributed by atoms with Crippen molar-refractivity contribution in [1.82, 2.24) is 10.2 Å². The maximum atomic E-state index is 12.6. The molecule has 1 saturated heterocycles. The van der Waals surface area contributed by atoms with Crippen molar-refractivity contribution in [2.45, 2.75) is 6.61 Å². The number of hydrogen-bond donors (Lipinski definition) is 1. The number of amides is 2. The molecule has 0 saturated carbocycles. The van der Waals surface area contributed by atoms with Crippen LogP contribution in [-0.2, 0) is 16.2 Å². The molecular weight excluding hydrogens is 424 g/mol. The summed E-state index contributed by atoms with van der Waals surface area (Å²) in [6.45, 7) is 4.15. The molecule has 1 N–H and O–H groups in total. The first kappa shape index (κ1) is 21.5. The second kappa shape index (κ2) is 9.56. The number of benzene rings is 2. The lowest BCUT2D eigenvalue weighted by molar-refractivity contribution is -0.128. The fourth-order valence-electron chi connectivity index (χ4n) is 2.79. The molecule has 0 spiro atoms. The summed E-state index contributed by atoms with van der Waals surface area (Å²) in [4.78, 5) is 26.2. The summed E-state index contributed by atoms with van der Waals surface area (Å²) in [7, 11) is 1.52. The SMILES string of the molecule is C=CCN1C(=O)C(=Cc2ccc(OCc3ccc(Cl)cc3)c(OC)c2)C(=O)NC1=S. The molecule has 2 amide bonds. The van der Waals surface area contributed by atoms with Crippen molar-refractivity contribution in [3.05, 3.63) is 76.8 Å². The van der Waals surface area contributed by atoms with Crippen LogP contribution in [-0.4, -0.2) is 35.5 Å². The van der Waals surface area contributed by atoms with Crippen molar-refractivity contribution in [3.63, 3.8) is 0 Å². The monoisotopic (exact) mass is 442 g/mol. The lowest BCUT2D eigenvalue weighted by Gasteiger charge is -2.27. The minimum absolute atomic E-state index is 0.0256. The summed E-state index contributed by atoms with van der Waals surface area (Å²) in [6, 6.07) is 12.5. The Morgan fingerprint density at radius 3 is 2.57 bits per heavy atom. The molecule has 154 valence electrons. The number of nitrogens with zero attached hydrogens (tertiary/aromatic N) is 1. The van der Waals surface area contributed by atoms with Crippen LogP contribution in [0.4, 0.5) is 0 Å². The molecule has 2 aromatic rings. The van der Waals surface area contributed by atoms with Gasteiger partial charge in [-0.1, -0.05) is 35.9 Å². The number of thiocarbonyl (C=S) groups is 1. The van der Waals surface area contributed by atoms with Crippen LogP contribution in [0.5, 0.6) is 11.5 Å². The number of carbonyl (C=O) groups excluding carboxylic acids is 2. The molecule has 2 aromatic carbocycles. The average molecular weight is 443 g/mol. The van der Waals surface area contributed by atoms with Crippen molar-refractivity contribution < 1.29 is 19.1 Å². The highest BCUT2D eigenvalue weighted by Crippen LogP contribution is 2.30. The number of ether oxygens (including phenoxy) is 2. The van der Waals surface area contributed by atoms with E-state index in [1.165, 1.54) is 24.2 Å². The highest BCUT2D eigenvalue weighted by Gasteiger charge is 2.32. The van der Waals surface area contributed by atoms with Crippen molar-refractivity contribution >= 4 is 46.8 Å². The van der Waals surface area contributed by atoms with E-state index >= 15 is 0 Å². The second-order valence-electron chi connectivity index (χ2n) is 6.35. The third kappa shape index (κ3) is 4.87. The molecule has 0 bridgehead atoms. The Kier molecular flexibility index (Phi) is 6.87. The maximum absolute atomic E-state index is 12.6. The van der Waals surface area contributed by atoms with Gasteiger partial charge in [0, 0.05) is 11.6 Å². The Bertz CT molecular complexity index is 1030. The van der Waals surface area contributed by atoms with Gasteiger partial charge < -0.3 is 9.47 Å². The normalized spacial score (nSPS) is 15.2. The third-order valence-corrected chi connectivity index (χ3v) is 4.88. The quantitative estimate of drug-likeness (QED) is 0.306. The zero-order valence-corrected chi connectivity index (χ0v) is 17.8. The van der Waals surface area contributed by atoms with E-state index in [9.17, 15) is 9.59 Å². The van der Waals surface area contributed by atoms with Crippen LogP contribution in [0.15, 0.2) is 60.7 Å². The Morgan fingerprint density at radius 2 is 1.90 bits per heavy atom. The molecule has 1 fully saturated rings. The Balaban J connectivity index is 1.82. The number of methoxy groups -OCH3 is 1. The molecule has 8 heteroatoms. The molecule has 0 atom stereocenters. The molecule has 0 radical (unpaired) electrons. The second-order valence-corrected chi connectivity index (χ2v) is 7.17.